The van der Waals surface area contributed by atoms with E-state index in [1.165, 1.54) is 61.2 Å². The third-order valence-electron chi connectivity index (χ3n) is 12.3. The van der Waals surface area contributed by atoms with Crippen LogP contribution in [0.1, 0.15) is 83.2 Å². The van der Waals surface area contributed by atoms with Gasteiger partial charge < -0.3 is 9.64 Å². The highest BCUT2D eigenvalue weighted by Crippen LogP contribution is 2.62. The van der Waals surface area contributed by atoms with Gasteiger partial charge in [0.15, 0.2) is 0 Å². The number of anilines is 3. The van der Waals surface area contributed by atoms with Crippen molar-refractivity contribution in [3.63, 3.8) is 0 Å². The Morgan fingerprint density at radius 2 is 0.983 bits per heavy atom. The smallest absolute Gasteiger partial charge is 0.131 e. The monoisotopic (exact) mass is 767 g/mol. The average Bonchev–Trinajstić information content (AvgIpc) is 3.52. The van der Waals surface area contributed by atoms with Gasteiger partial charge in [-0.3, -0.25) is 0 Å². The van der Waals surface area contributed by atoms with Gasteiger partial charge in [0.25, 0.3) is 0 Å². The zero-order chi connectivity index (χ0) is 41.1. The van der Waals surface area contributed by atoms with Crippen molar-refractivity contribution >= 4 is 17.1 Å². The summed E-state index contributed by atoms with van der Waals surface area (Å²) in [4.78, 5) is 2.41. The summed E-state index contributed by atoms with van der Waals surface area (Å²) >= 11 is 0. The minimum atomic E-state index is -0.623. The quantitative estimate of drug-likeness (QED) is 0.167. The molecule has 1 aliphatic heterocycles. The summed E-state index contributed by atoms with van der Waals surface area (Å²) in [6, 6.07) is 60.4. The largest absolute Gasteiger partial charge is 0.461 e. The third kappa shape index (κ3) is 6.52. The van der Waals surface area contributed by atoms with Gasteiger partial charge in [-0.05, 0) is 123 Å². The van der Waals surface area contributed by atoms with Crippen LogP contribution in [0.5, 0.6) is 5.75 Å². The highest BCUT2D eigenvalue weighted by atomic mass is 16.5. The molecule has 0 radical (unpaired) electrons. The number of nitrogens with zero attached hydrogens (tertiary/aromatic N) is 1. The van der Waals surface area contributed by atoms with Crippen molar-refractivity contribution < 1.29 is 4.74 Å². The molecule has 0 amide bonds. The lowest BCUT2D eigenvalue weighted by atomic mass is 9.64. The van der Waals surface area contributed by atoms with Gasteiger partial charge in [0.2, 0.25) is 0 Å². The molecule has 9 rings (SSSR count). The maximum absolute atomic E-state index is 6.91. The molecule has 0 fully saturated rings. The van der Waals surface area contributed by atoms with Gasteiger partial charge in [-0.1, -0.05) is 175 Å². The molecule has 1 heterocycles. The van der Waals surface area contributed by atoms with Crippen molar-refractivity contribution in [3.05, 3.63) is 215 Å². The Morgan fingerprint density at radius 1 is 0.475 bits per heavy atom. The fraction of sp³-hybridized carbons (Fsp3) is 0.193. The predicted octanol–water partition coefficient (Wildman–Crippen LogP) is 15.6. The van der Waals surface area contributed by atoms with Crippen LogP contribution in [0.25, 0.3) is 33.4 Å². The molecule has 0 aromatic heterocycles. The van der Waals surface area contributed by atoms with Gasteiger partial charge in [0.05, 0.1) is 5.41 Å². The van der Waals surface area contributed by atoms with Crippen LogP contribution >= 0.6 is 0 Å². The minimum absolute atomic E-state index is 0.0383. The van der Waals surface area contributed by atoms with E-state index < -0.39 is 5.41 Å². The number of hydrogen-bond acceptors (Lipinski definition) is 2. The molecule has 1 aliphatic carbocycles. The first kappa shape index (κ1) is 38.2. The fourth-order valence-electron chi connectivity index (χ4n) is 9.25. The molecule has 0 saturated carbocycles. The summed E-state index contributed by atoms with van der Waals surface area (Å²) in [5, 5.41) is 0. The first-order valence-electron chi connectivity index (χ1n) is 21.0. The van der Waals surface area contributed by atoms with Crippen LogP contribution in [0.3, 0.4) is 0 Å². The standard InChI is InChI=1S/C57H53NO/c1-9-17-50-38(2)59-54-33-30-47(37-53(54)57(50)51-35-43(55(3,4)5)26-31-48(51)49-32-27-44(36-52(49)57)56(6,7)8)58(45-28-24-41(25-29-45)39-18-12-10-13-19-39)46-23-16-22-42(34-46)40-20-14-11-15-21-40/h9-37H,1-8H3/b17-9-. The summed E-state index contributed by atoms with van der Waals surface area (Å²) in [5.41, 5.74) is 17.4. The van der Waals surface area contributed by atoms with Crippen LogP contribution in [-0.4, -0.2) is 0 Å². The van der Waals surface area contributed by atoms with E-state index in [0.717, 1.165) is 34.1 Å². The van der Waals surface area contributed by atoms with E-state index in [2.05, 4.69) is 236 Å². The molecule has 7 aromatic rings. The number of ether oxygens (including phenoxy) is 1. The average molecular weight is 768 g/mol. The molecule has 0 unspecified atom stereocenters. The molecule has 0 atom stereocenters. The summed E-state index contributed by atoms with van der Waals surface area (Å²) in [6.45, 7) is 18.2. The second-order valence-corrected chi connectivity index (χ2v) is 18.2. The van der Waals surface area contributed by atoms with Crippen molar-refractivity contribution in [3.8, 4) is 39.1 Å². The molecule has 1 spiro atoms. The van der Waals surface area contributed by atoms with Crippen molar-refractivity contribution in [1.29, 1.82) is 0 Å². The van der Waals surface area contributed by atoms with Crippen molar-refractivity contribution in [2.75, 3.05) is 4.90 Å². The Balaban J connectivity index is 1.33. The Morgan fingerprint density at radius 3 is 1.54 bits per heavy atom. The van der Waals surface area contributed by atoms with E-state index >= 15 is 0 Å². The summed E-state index contributed by atoms with van der Waals surface area (Å²) in [7, 11) is 0. The van der Waals surface area contributed by atoms with Crippen molar-refractivity contribution in [2.45, 2.75) is 71.6 Å². The zero-order valence-electron chi connectivity index (χ0n) is 35.6. The lowest BCUT2D eigenvalue weighted by Crippen LogP contribution is -2.35. The second kappa shape index (κ2) is 14.5. The van der Waals surface area contributed by atoms with Gasteiger partial charge in [0, 0.05) is 28.2 Å². The molecule has 292 valence electrons. The van der Waals surface area contributed by atoms with Gasteiger partial charge in [-0.15, -0.1) is 0 Å². The van der Waals surface area contributed by atoms with Crippen molar-refractivity contribution in [1.82, 2.24) is 0 Å². The number of fused-ring (bicyclic) bond motifs is 7. The Kier molecular flexibility index (Phi) is 9.36. The van der Waals surface area contributed by atoms with E-state index in [1.807, 2.05) is 0 Å². The molecule has 0 N–H and O–H groups in total. The Labute approximate surface area is 351 Å². The number of allylic oxidation sites excluding steroid dienone is 4. The van der Waals surface area contributed by atoms with Gasteiger partial charge in [-0.2, -0.15) is 0 Å². The molecule has 2 nitrogen and oxygen atoms in total. The molecule has 7 aromatic carbocycles. The van der Waals surface area contributed by atoms with Crippen LogP contribution in [0.4, 0.5) is 17.1 Å². The number of benzene rings is 7. The van der Waals surface area contributed by atoms with Crippen molar-refractivity contribution in [2.24, 2.45) is 0 Å². The van der Waals surface area contributed by atoms with Crippen LogP contribution in [0, 0.1) is 0 Å². The first-order chi connectivity index (χ1) is 28.4. The second-order valence-electron chi connectivity index (χ2n) is 18.2. The Hall–Kier alpha value is -6.38. The maximum Gasteiger partial charge on any atom is 0.131 e. The predicted molar refractivity (Wildman–Crippen MR) is 249 cm³/mol. The lowest BCUT2D eigenvalue weighted by Gasteiger charge is -2.41. The summed E-state index contributed by atoms with van der Waals surface area (Å²) in [5.74, 6) is 1.81. The highest BCUT2D eigenvalue weighted by Gasteiger charge is 2.52. The molecule has 0 bridgehead atoms. The SMILES string of the molecule is C/C=C\C1=C(C)Oc2ccc(N(c3ccc(-c4ccccc4)cc3)c3cccc(-c4ccccc4)c3)cc2C12c1cc(C(C)(C)C)ccc1-c1ccc(C(C)(C)C)cc12. The molecular formula is C57H53NO. The van der Waals surface area contributed by atoms with Gasteiger partial charge in [-0.25, -0.2) is 0 Å². The highest BCUT2D eigenvalue weighted by molar-refractivity contribution is 5.90. The van der Waals surface area contributed by atoms with Gasteiger partial charge in [0.1, 0.15) is 11.5 Å². The first-order valence-corrected chi connectivity index (χ1v) is 21.0. The molecular weight excluding hydrogens is 715 g/mol. The van der Waals surface area contributed by atoms with E-state index in [4.69, 9.17) is 4.74 Å². The van der Waals surface area contributed by atoms with E-state index in [9.17, 15) is 0 Å². The molecule has 59 heavy (non-hydrogen) atoms. The normalized spacial score (nSPS) is 14.2. The third-order valence-corrected chi connectivity index (χ3v) is 12.3. The molecule has 2 aliphatic rings. The topological polar surface area (TPSA) is 12.5 Å². The van der Waals surface area contributed by atoms with Crippen LogP contribution < -0.4 is 9.64 Å². The zero-order valence-corrected chi connectivity index (χ0v) is 35.6. The fourth-order valence-corrected chi connectivity index (χ4v) is 9.25. The Bertz CT molecular complexity index is 2690. The lowest BCUT2D eigenvalue weighted by molar-refractivity contribution is 0.387. The molecule has 2 heteroatoms. The van der Waals surface area contributed by atoms with Gasteiger partial charge >= 0.3 is 0 Å². The van der Waals surface area contributed by atoms with Crippen LogP contribution in [0.15, 0.2) is 187 Å². The van der Waals surface area contributed by atoms with E-state index in [1.54, 1.807) is 0 Å². The number of hydrogen-bond donors (Lipinski definition) is 0. The minimum Gasteiger partial charge on any atom is -0.461 e. The van der Waals surface area contributed by atoms with Crippen LogP contribution in [0.2, 0.25) is 0 Å². The maximum atomic E-state index is 6.91. The summed E-state index contributed by atoms with van der Waals surface area (Å²) in [6.07, 6.45) is 4.47. The summed E-state index contributed by atoms with van der Waals surface area (Å²) < 4.78 is 6.91. The van der Waals surface area contributed by atoms with E-state index in [0.29, 0.717) is 0 Å². The van der Waals surface area contributed by atoms with E-state index in [-0.39, 0.29) is 10.8 Å². The van der Waals surface area contributed by atoms with Crippen LogP contribution in [-0.2, 0) is 16.2 Å². The molecule has 0 saturated heterocycles. The number of rotatable bonds is 6.